The number of esters is 1. The zero-order valence-corrected chi connectivity index (χ0v) is 52.5. The lowest BCUT2D eigenvalue weighted by atomic mass is 10.0. The van der Waals surface area contributed by atoms with E-state index < -0.39 is 20.0 Å². The SMILES string of the molecule is CC/C=C\C/C=C\C/C=C\C/C=C\C/C=C\C/C=C\CCCCC(=O)NC(COP(=O)(O)OCC[N+](C)(C)C)C(/C=C/CCCCCCCCCCCC)OC(=O)CCCCCCCCCCCCCCCCCCCCC. The Labute approximate surface area is 482 Å². The quantitative estimate of drug-likeness (QED) is 0.0205. The Balaban J connectivity index is 5.28. The van der Waals surface area contributed by atoms with Crippen LogP contribution >= 0.6 is 7.82 Å². The van der Waals surface area contributed by atoms with Crippen LogP contribution in [0.2, 0.25) is 0 Å². The standard InChI is InChI=1S/C68H123N2O7P/c1-7-10-13-16-19-22-25-28-30-32-34-35-37-38-40-42-45-48-51-54-57-60-67(71)69-65(64-76-78(73,74)75-63-62-70(4,5)6)66(59-56-53-50-47-44-27-24-21-18-15-12-9-3)77-68(72)61-58-55-52-49-46-43-41-39-36-33-31-29-26-23-20-17-14-11-8-2/h10,13,19,22,28,30,34-35,38,40,45,48,56,59,65-66H,7-9,11-12,14-18,20-21,23-27,29,31-33,36-37,39,41-44,46-47,49-55,57-58,60-64H2,1-6H3,(H-,69,71,73,74)/p+1/b13-10-,22-19-,30-28-,35-34-,40-38-,48-45-,59-56+. The van der Waals surface area contributed by atoms with Gasteiger partial charge in [0.25, 0.3) is 0 Å². The molecule has 0 aromatic carbocycles. The van der Waals surface area contributed by atoms with Gasteiger partial charge < -0.3 is 19.4 Å². The van der Waals surface area contributed by atoms with Gasteiger partial charge in [-0.1, -0.05) is 273 Å². The van der Waals surface area contributed by atoms with Crippen molar-refractivity contribution in [1.82, 2.24) is 5.32 Å². The van der Waals surface area contributed by atoms with Crippen LogP contribution in [0.25, 0.3) is 0 Å². The predicted molar refractivity (Wildman–Crippen MR) is 337 cm³/mol. The third kappa shape index (κ3) is 57.9. The molecule has 0 bridgehead atoms. The first-order valence-electron chi connectivity index (χ1n) is 32.4. The molecule has 0 aliphatic carbocycles. The van der Waals surface area contributed by atoms with Crippen molar-refractivity contribution in [3.63, 3.8) is 0 Å². The molecule has 0 saturated carbocycles. The molecule has 0 radical (unpaired) electrons. The number of phosphoric acid groups is 1. The summed E-state index contributed by atoms with van der Waals surface area (Å²) in [6.07, 6.45) is 75.9. The highest BCUT2D eigenvalue weighted by atomic mass is 31.2. The van der Waals surface area contributed by atoms with Gasteiger partial charge in [-0.3, -0.25) is 18.6 Å². The minimum Gasteiger partial charge on any atom is -0.456 e. The van der Waals surface area contributed by atoms with Crippen molar-refractivity contribution in [2.24, 2.45) is 0 Å². The Hall–Kier alpha value is -2.81. The molecule has 2 N–H and O–H groups in total. The Kier molecular flexibility index (Phi) is 55.4. The molecule has 0 heterocycles. The molecule has 0 saturated heterocycles. The van der Waals surface area contributed by atoms with E-state index in [0.29, 0.717) is 17.4 Å². The zero-order valence-electron chi connectivity index (χ0n) is 51.6. The maximum atomic E-state index is 13.5. The summed E-state index contributed by atoms with van der Waals surface area (Å²) in [5.41, 5.74) is 0. The third-order valence-electron chi connectivity index (χ3n) is 14.1. The second-order valence-corrected chi connectivity index (χ2v) is 24.4. The number of unbranched alkanes of at least 4 members (excludes halogenated alkanes) is 30. The van der Waals surface area contributed by atoms with Gasteiger partial charge in [-0.25, -0.2) is 4.57 Å². The first kappa shape index (κ1) is 75.2. The minimum absolute atomic E-state index is 0.0294. The molecule has 9 nitrogen and oxygen atoms in total. The molecule has 0 fully saturated rings. The zero-order chi connectivity index (χ0) is 57.2. The summed E-state index contributed by atoms with van der Waals surface area (Å²) in [7, 11) is 1.46. The third-order valence-corrected chi connectivity index (χ3v) is 15.1. The smallest absolute Gasteiger partial charge is 0.456 e. The van der Waals surface area contributed by atoms with E-state index in [0.717, 1.165) is 89.9 Å². The molecule has 3 atom stereocenters. The molecule has 452 valence electrons. The summed E-state index contributed by atoms with van der Waals surface area (Å²) in [5.74, 6) is -0.550. The summed E-state index contributed by atoms with van der Waals surface area (Å²) < 4.78 is 30.7. The Morgan fingerprint density at radius 3 is 1.24 bits per heavy atom. The number of amides is 1. The second kappa shape index (κ2) is 57.4. The van der Waals surface area contributed by atoms with Crippen LogP contribution in [0.5, 0.6) is 0 Å². The molecule has 0 aliphatic heterocycles. The number of quaternary nitrogens is 1. The Morgan fingerprint density at radius 2 is 0.821 bits per heavy atom. The van der Waals surface area contributed by atoms with Crippen molar-refractivity contribution < 1.29 is 37.3 Å². The van der Waals surface area contributed by atoms with Gasteiger partial charge in [0, 0.05) is 12.8 Å². The molecule has 1 amide bonds. The first-order valence-corrected chi connectivity index (χ1v) is 33.9. The number of nitrogens with one attached hydrogen (secondary N) is 1. The molecular weight excluding hydrogens is 988 g/mol. The number of ether oxygens (including phenoxy) is 1. The van der Waals surface area contributed by atoms with Gasteiger partial charge >= 0.3 is 13.8 Å². The number of nitrogens with zero attached hydrogens (tertiary/aromatic N) is 1. The molecule has 10 heteroatoms. The highest BCUT2D eigenvalue weighted by Crippen LogP contribution is 2.43. The van der Waals surface area contributed by atoms with Crippen LogP contribution in [-0.4, -0.2) is 74.3 Å². The number of allylic oxidation sites excluding steroid dienone is 13. The largest absolute Gasteiger partial charge is 0.472 e. The van der Waals surface area contributed by atoms with E-state index in [4.69, 9.17) is 13.8 Å². The number of hydrogen-bond acceptors (Lipinski definition) is 6. The number of likely N-dealkylation sites (N-methyl/N-ethyl adjacent to an activating group) is 1. The molecule has 0 spiro atoms. The van der Waals surface area contributed by atoms with E-state index in [-0.39, 0.29) is 37.9 Å². The van der Waals surface area contributed by atoms with Crippen molar-refractivity contribution in [3.05, 3.63) is 85.1 Å². The van der Waals surface area contributed by atoms with E-state index in [2.05, 4.69) is 99.0 Å². The number of carbonyl (C=O) groups is 2. The van der Waals surface area contributed by atoms with Crippen LogP contribution < -0.4 is 5.32 Å². The fourth-order valence-electron chi connectivity index (χ4n) is 9.12. The lowest BCUT2D eigenvalue weighted by Crippen LogP contribution is -2.47. The van der Waals surface area contributed by atoms with E-state index in [9.17, 15) is 19.0 Å². The normalized spacial score (nSPS) is 14.2. The molecule has 78 heavy (non-hydrogen) atoms. The fourth-order valence-corrected chi connectivity index (χ4v) is 9.86. The number of rotatable bonds is 58. The second-order valence-electron chi connectivity index (χ2n) is 22.9. The van der Waals surface area contributed by atoms with Gasteiger partial charge in [-0.2, -0.15) is 0 Å². The first-order chi connectivity index (χ1) is 37.9. The van der Waals surface area contributed by atoms with Crippen LogP contribution in [0.1, 0.15) is 284 Å². The fraction of sp³-hybridized carbons (Fsp3) is 0.765. The molecule has 0 aromatic rings. The van der Waals surface area contributed by atoms with E-state index in [1.165, 1.54) is 154 Å². The molecular formula is C68H124N2O7P+. The molecule has 0 rings (SSSR count). The van der Waals surface area contributed by atoms with Gasteiger partial charge in [0.1, 0.15) is 19.3 Å². The van der Waals surface area contributed by atoms with Crippen molar-refractivity contribution in [2.75, 3.05) is 40.9 Å². The highest BCUT2D eigenvalue weighted by molar-refractivity contribution is 7.47. The lowest BCUT2D eigenvalue weighted by Gasteiger charge is -2.27. The van der Waals surface area contributed by atoms with E-state index in [1.807, 2.05) is 33.3 Å². The van der Waals surface area contributed by atoms with E-state index in [1.54, 1.807) is 0 Å². The monoisotopic (exact) mass is 1110 g/mol. The number of hydrogen-bond donors (Lipinski definition) is 2. The summed E-state index contributed by atoms with van der Waals surface area (Å²) in [4.78, 5) is 37.8. The Bertz CT molecular complexity index is 1610. The van der Waals surface area contributed by atoms with Gasteiger partial charge in [-0.05, 0) is 83.1 Å². The Morgan fingerprint density at radius 1 is 0.462 bits per heavy atom. The van der Waals surface area contributed by atoms with Crippen LogP contribution in [0.4, 0.5) is 0 Å². The van der Waals surface area contributed by atoms with Gasteiger partial charge in [-0.15, -0.1) is 0 Å². The summed E-state index contributed by atoms with van der Waals surface area (Å²) in [5, 5.41) is 3.04. The number of carbonyl (C=O) groups excluding carboxylic acids is 2. The summed E-state index contributed by atoms with van der Waals surface area (Å²) in [6.45, 7) is 6.88. The molecule has 0 aromatic heterocycles. The average molecular weight is 1110 g/mol. The minimum atomic E-state index is -4.46. The lowest BCUT2D eigenvalue weighted by molar-refractivity contribution is -0.870. The number of phosphoric ester groups is 1. The van der Waals surface area contributed by atoms with Crippen LogP contribution in [0.15, 0.2) is 85.1 Å². The van der Waals surface area contributed by atoms with Gasteiger partial charge in [0.05, 0.1) is 33.8 Å². The van der Waals surface area contributed by atoms with Crippen molar-refractivity contribution in [2.45, 2.75) is 296 Å². The molecule has 3 unspecified atom stereocenters. The van der Waals surface area contributed by atoms with Crippen molar-refractivity contribution in [1.29, 1.82) is 0 Å². The van der Waals surface area contributed by atoms with Crippen LogP contribution in [-0.2, 0) is 27.9 Å². The van der Waals surface area contributed by atoms with Crippen molar-refractivity contribution in [3.8, 4) is 0 Å². The predicted octanol–water partition coefficient (Wildman–Crippen LogP) is 20.2. The molecule has 0 aliphatic rings. The summed E-state index contributed by atoms with van der Waals surface area (Å²) >= 11 is 0. The van der Waals surface area contributed by atoms with Crippen LogP contribution in [0, 0.1) is 0 Å². The topological polar surface area (TPSA) is 111 Å². The van der Waals surface area contributed by atoms with Crippen molar-refractivity contribution >= 4 is 19.7 Å². The van der Waals surface area contributed by atoms with Gasteiger partial charge in [0.15, 0.2) is 0 Å². The van der Waals surface area contributed by atoms with Gasteiger partial charge in [0.2, 0.25) is 5.91 Å². The maximum Gasteiger partial charge on any atom is 0.472 e. The highest BCUT2D eigenvalue weighted by Gasteiger charge is 2.30. The maximum absolute atomic E-state index is 13.5. The summed E-state index contributed by atoms with van der Waals surface area (Å²) in [6, 6.07) is -0.874. The average Bonchev–Trinajstić information content (AvgIpc) is 3.40. The van der Waals surface area contributed by atoms with E-state index >= 15 is 0 Å². The van der Waals surface area contributed by atoms with Crippen LogP contribution in [0.3, 0.4) is 0 Å².